The monoisotopic (exact) mass is 222 g/mol. The lowest BCUT2D eigenvalue weighted by atomic mass is 10.1. The topological polar surface area (TPSA) is 18.5 Å². The molecule has 0 atom stereocenters. The normalized spacial score (nSPS) is 11.9. The van der Waals surface area contributed by atoms with Crippen molar-refractivity contribution in [2.45, 2.75) is 46.3 Å². The van der Waals surface area contributed by atoms with E-state index in [1.165, 1.54) is 5.56 Å². The van der Waals surface area contributed by atoms with Crippen LogP contribution in [-0.2, 0) is 4.74 Å². The van der Waals surface area contributed by atoms with Crippen LogP contribution in [-0.4, -0.2) is 18.3 Å². The number of aryl methyl sites for hydroxylation is 1. The Morgan fingerprint density at radius 1 is 1.25 bits per heavy atom. The molecule has 0 fully saturated rings. The molecule has 2 heteroatoms. The summed E-state index contributed by atoms with van der Waals surface area (Å²) >= 11 is 0. The minimum Gasteiger partial charge on any atom is -0.485 e. The van der Waals surface area contributed by atoms with Crippen molar-refractivity contribution in [3.05, 3.63) is 29.8 Å². The van der Waals surface area contributed by atoms with Crippen molar-refractivity contribution in [2.24, 2.45) is 0 Å². The van der Waals surface area contributed by atoms with E-state index in [9.17, 15) is 0 Å². The summed E-state index contributed by atoms with van der Waals surface area (Å²) in [5.74, 6) is 0.900. The third-order valence-corrected chi connectivity index (χ3v) is 2.15. The molecule has 0 saturated heterocycles. The van der Waals surface area contributed by atoms with E-state index in [-0.39, 0.29) is 11.7 Å². The number of benzene rings is 1. The van der Waals surface area contributed by atoms with Crippen LogP contribution in [0.4, 0.5) is 0 Å². The maximum absolute atomic E-state index is 5.91. The zero-order chi connectivity index (χ0) is 12.2. The molecule has 90 valence electrons. The van der Waals surface area contributed by atoms with Gasteiger partial charge in [-0.25, -0.2) is 0 Å². The van der Waals surface area contributed by atoms with Crippen molar-refractivity contribution in [3.63, 3.8) is 0 Å². The lowest BCUT2D eigenvalue weighted by Gasteiger charge is -2.27. The van der Waals surface area contributed by atoms with E-state index in [1.54, 1.807) is 0 Å². The molecule has 0 bridgehead atoms. The van der Waals surface area contributed by atoms with E-state index < -0.39 is 0 Å². The van der Waals surface area contributed by atoms with E-state index in [4.69, 9.17) is 9.47 Å². The Kier molecular flexibility index (Phi) is 4.36. The first-order valence-corrected chi connectivity index (χ1v) is 5.76. The smallest absolute Gasteiger partial charge is 0.127 e. The summed E-state index contributed by atoms with van der Waals surface area (Å²) in [6.07, 6.45) is 0.236. The maximum atomic E-state index is 5.91. The fraction of sp³-hybridized carbons (Fsp3) is 0.571. The van der Waals surface area contributed by atoms with E-state index in [2.05, 4.69) is 13.0 Å². The predicted octanol–water partition coefficient (Wildman–Crippen LogP) is 3.58. The number of hydrogen-bond acceptors (Lipinski definition) is 2. The Balaban J connectivity index is 2.58. The fourth-order valence-corrected chi connectivity index (χ4v) is 1.39. The Morgan fingerprint density at radius 2 is 1.94 bits per heavy atom. The molecule has 0 aromatic heterocycles. The zero-order valence-corrected chi connectivity index (χ0v) is 10.9. The summed E-state index contributed by atoms with van der Waals surface area (Å²) in [4.78, 5) is 0. The molecule has 0 aliphatic carbocycles. The molecule has 0 N–H and O–H groups in total. The van der Waals surface area contributed by atoms with E-state index in [0.29, 0.717) is 6.61 Å². The molecule has 0 spiro atoms. The fourth-order valence-electron chi connectivity index (χ4n) is 1.39. The molecule has 1 rings (SSSR count). The molecule has 0 heterocycles. The molecular formula is C14H22O2. The van der Waals surface area contributed by atoms with Crippen LogP contribution in [0, 0.1) is 6.92 Å². The van der Waals surface area contributed by atoms with Gasteiger partial charge in [0.1, 0.15) is 11.4 Å². The van der Waals surface area contributed by atoms with E-state index in [1.807, 2.05) is 45.9 Å². The van der Waals surface area contributed by atoms with Crippen LogP contribution in [0.15, 0.2) is 24.3 Å². The zero-order valence-electron chi connectivity index (χ0n) is 10.9. The van der Waals surface area contributed by atoms with E-state index in [0.717, 1.165) is 5.75 Å². The molecule has 1 aromatic rings. The highest BCUT2D eigenvalue weighted by Crippen LogP contribution is 2.20. The summed E-state index contributed by atoms with van der Waals surface area (Å²) in [6, 6.07) is 8.08. The van der Waals surface area contributed by atoms with Crippen LogP contribution in [0.2, 0.25) is 0 Å². The molecule has 0 amide bonds. The quantitative estimate of drug-likeness (QED) is 0.758. The molecule has 1 aromatic carbocycles. The SMILES string of the molecule is Cc1cccc(OC(C)(C)COC(C)C)c1. The van der Waals surface area contributed by atoms with Crippen LogP contribution in [0.3, 0.4) is 0 Å². The Bertz CT molecular complexity index is 329. The molecule has 0 aliphatic heterocycles. The van der Waals surface area contributed by atoms with Gasteiger partial charge in [-0.1, -0.05) is 12.1 Å². The Labute approximate surface area is 98.6 Å². The molecule has 0 unspecified atom stereocenters. The van der Waals surface area contributed by atoms with Crippen molar-refractivity contribution >= 4 is 0 Å². The van der Waals surface area contributed by atoms with Gasteiger partial charge in [0.2, 0.25) is 0 Å². The first-order valence-electron chi connectivity index (χ1n) is 5.76. The van der Waals surface area contributed by atoms with Gasteiger partial charge in [0.25, 0.3) is 0 Å². The second-order valence-corrected chi connectivity index (χ2v) is 5.04. The van der Waals surface area contributed by atoms with Gasteiger partial charge in [0.05, 0.1) is 12.7 Å². The number of rotatable bonds is 5. The summed E-state index contributed by atoms with van der Waals surface area (Å²) < 4.78 is 11.5. The lowest BCUT2D eigenvalue weighted by molar-refractivity contribution is -0.0276. The molecule has 2 nitrogen and oxygen atoms in total. The summed E-state index contributed by atoms with van der Waals surface area (Å²) in [7, 11) is 0. The van der Waals surface area contributed by atoms with Crippen molar-refractivity contribution < 1.29 is 9.47 Å². The van der Waals surface area contributed by atoms with Crippen LogP contribution in [0.5, 0.6) is 5.75 Å². The van der Waals surface area contributed by atoms with Crippen molar-refractivity contribution in [1.82, 2.24) is 0 Å². The average Bonchev–Trinajstić information content (AvgIpc) is 2.14. The van der Waals surface area contributed by atoms with Crippen molar-refractivity contribution in [2.75, 3.05) is 6.61 Å². The lowest BCUT2D eigenvalue weighted by Crippen LogP contribution is -2.35. The number of ether oxygens (including phenoxy) is 2. The van der Waals surface area contributed by atoms with Gasteiger partial charge in [-0.15, -0.1) is 0 Å². The minimum atomic E-state index is -0.294. The van der Waals surface area contributed by atoms with Gasteiger partial charge in [-0.2, -0.15) is 0 Å². The largest absolute Gasteiger partial charge is 0.485 e. The Morgan fingerprint density at radius 3 is 2.50 bits per heavy atom. The third-order valence-electron chi connectivity index (χ3n) is 2.15. The van der Waals surface area contributed by atoms with Gasteiger partial charge in [-0.05, 0) is 52.3 Å². The van der Waals surface area contributed by atoms with Crippen molar-refractivity contribution in [1.29, 1.82) is 0 Å². The summed E-state index contributed by atoms with van der Waals surface area (Å²) in [6.45, 7) is 10.8. The highest BCUT2D eigenvalue weighted by Gasteiger charge is 2.20. The highest BCUT2D eigenvalue weighted by molar-refractivity contribution is 5.27. The Hall–Kier alpha value is -1.02. The summed E-state index contributed by atoms with van der Waals surface area (Å²) in [5.41, 5.74) is 0.913. The van der Waals surface area contributed by atoms with E-state index >= 15 is 0 Å². The van der Waals surface area contributed by atoms with Gasteiger partial charge in [0, 0.05) is 0 Å². The van der Waals surface area contributed by atoms with Gasteiger partial charge >= 0.3 is 0 Å². The van der Waals surface area contributed by atoms with Crippen LogP contribution >= 0.6 is 0 Å². The van der Waals surface area contributed by atoms with Crippen LogP contribution < -0.4 is 4.74 Å². The number of hydrogen-bond donors (Lipinski definition) is 0. The second-order valence-electron chi connectivity index (χ2n) is 5.04. The second kappa shape index (κ2) is 5.35. The summed E-state index contributed by atoms with van der Waals surface area (Å²) in [5, 5.41) is 0. The van der Waals surface area contributed by atoms with Crippen LogP contribution in [0.25, 0.3) is 0 Å². The molecule has 16 heavy (non-hydrogen) atoms. The van der Waals surface area contributed by atoms with Gasteiger partial charge < -0.3 is 9.47 Å². The standard InChI is InChI=1S/C14H22O2/c1-11(2)15-10-14(4,5)16-13-8-6-7-12(3)9-13/h6-9,11H,10H2,1-5H3. The molecule has 0 saturated carbocycles. The van der Waals surface area contributed by atoms with Gasteiger partial charge in [-0.3, -0.25) is 0 Å². The van der Waals surface area contributed by atoms with Gasteiger partial charge in [0.15, 0.2) is 0 Å². The molecule has 0 aliphatic rings. The maximum Gasteiger partial charge on any atom is 0.127 e. The third kappa shape index (κ3) is 4.67. The first kappa shape index (κ1) is 13.0. The van der Waals surface area contributed by atoms with Crippen molar-refractivity contribution in [3.8, 4) is 5.75 Å². The molecular weight excluding hydrogens is 200 g/mol. The van der Waals surface area contributed by atoms with Crippen LogP contribution in [0.1, 0.15) is 33.3 Å². The average molecular weight is 222 g/mol. The highest BCUT2D eigenvalue weighted by atomic mass is 16.5. The minimum absolute atomic E-state index is 0.236. The first-order chi connectivity index (χ1) is 7.39. The predicted molar refractivity (Wildman–Crippen MR) is 67.0 cm³/mol. The molecule has 0 radical (unpaired) electrons.